The fraction of sp³-hybridized carbons (Fsp3) is 0.250. The minimum Gasteiger partial charge on any atom is -0.476 e. The molecule has 2 N–H and O–H groups in total. The summed E-state index contributed by atoms with van der Waals surface area (Å²) < 4.78 is 0. The van der Waals surface area contributed by atoms with E-state index in [1.54, 1.807) is 29.2 Å². The summed E-state index contributed by atoms with van der Waals surface area (Å²) in [5.74, 6) is -1.32. The number of amides is 2. The normalized spacial score (nSPS) is 14.0. The Morgan fingerprint density at radius 2 is 2.21 bits per heavy atom. The smallest absolute Gasteiger partial charge is 0.355 e. The van der Waals surface area contributed by atoms with E-state index in [9.17, 15) is 14.4 Å². The molecule has 0 bridgehead atoms. The molecule has 2 aromatic rings. The van der Waals surface area contributed by atoms with Gasteiger partial charge in [0.1, 0.15) is 5.01 Å². The van der Waals surface area contributed by atoms with Crippen molar-refractivity contribution in [3.63, 3.8) is 0 Å². The monoisotopic (exact) mass is 345 g/mol. The summed E-state index contributed by atoms with van der Waals surface area (Å²) in [6, 6.07) is 6.90. The number of nitrogens with one attached hydrogen (secondary N) is 1. The van der Waals surface area contributed by atoms with Crippen molar-refractivity contribution in [1.29, 1.82) is 0 Å². The van der Waals surface area contributed by atoms with Crippen LogP contribution in [0.25, 0.3) is 0 Å². The first-order valence-electron chi connectivity index (χ1n) is 7.41. The molecule has 1 aliphatic rings. The maximum absolute atomic E-state index is 12.3. The Bertz CT molecular complexity index is 802. The zero-order chi connectivity index (χ0) is 17.1. The van der Waals surface area contributed by atoms with Crippen molar-refractivity contribution in [1.82, 2.24) is 10.3 Å². The first-order chi connectivity index (χ1) is 11.5. The summed E-state index contributed by atoms with van der Waals surface area (Å²) in [5.41, 5.74) is 1.13. The minimum absolute atomic E-state index is 0.0289. The Hall–Kier alpha value is -2.74. The summed E-state index contributed by atoms with van der Waals surface area (Å²) >= 11 is 1.18. The topological polar surface area (TPSA) is 99.6 Å². The van der Waals surface area contributed by atoms with Gasteiger partial charge in [0, 0.05) is 29.6 Å². The highest BCUT2D eigenvalue weighted by Gasteiger charge is 2.22. The molecule has 0 aliphatic carbocycles. The van der Waals surface area contributed by atoms with Gasteiger partial charge >= 0.3 is 5.97 Å². The number of anilines is 1. The van der Waals surface area contributed by atoms with E-state index in [4.69, 9.17) is 5.11 Å². The predicted octanol–water partition coefficient (Wildman–Crippen LogP) is 1.90. The molecule has 0 spiro atoms. The number of hydrogen-bond donors (Lipinski definition) is 2. The molecule has 1 fully saturated rings. The molecule has 1 saturated heterocycles. The molecular weight excluding hydrogens is 330 g/mol. The van der Waals surface area contributed by atoms with Gasteiger partial charge in [-0.15, -0.1) is 11.3 Å². The number of hydrogen-bond acceptors (Lipinski definition) is 5. The van der Waals surface area contributed by atoms with Crippen molar-refractivity contribution >= 4 is 34.8 Å². The third-order valence-electron chi connectivity index (χ3n) is 3.66. The summed E-state index contributed by atoms with van der Waals surface area (Å²) in [6.45, 7) is 0.824. The van der Waals surface area contributed by atoms with Gasteiger partial charge in [0.15, 0.2) is 5.69 Å². The van der Waals surface area contributed by atoms with E-state index in [1.165, 1.54) is 16.7 Å². The number of carbonyl (C=O) groups excluding carboxylic acids is 2. The Kier molecular flexibility index (Phi) is 4.57. The van der Waals surface area contributed by atoms with Crippen LogP contribution in [0.15, 0.2) is 29.6 Å². The molecule has 3 rings (SSSR count). The maximum atomic E-state index is 12.3. The van der Waals surface area contributed by atoms with Gasteiger partial charge in [-0.3, -0.25) is 9.59 Å². The lowest BCUT2D eigenvalue weighted by Gasteiger charge is -2.16. The number of aromatic nitrogens is 1. The first-order valence-corrected chi connectivity index (χ1v) is 8.29. The Morgan fingerprint density at radius 3 is 2.88 bits per heavy atom. The molecule has 0 saturated carbocycles. The van der Waals surface area contributed by atoms with Crippen LogP contribution in [0.1, 0.15) is 38.7 Å². The molecule has 24 heavy (non-hydrogen) atoms. The lowest BCUT2D eigenvalue weighted by molar-refractivity contribution is -0.117. The largest absolute Gasteiger partial charge is 0.476 e. The van der Waals surface area contributed by atoms with E-state index < -0.39 is 5.97 Å². The molecule has 0 unspecified atom stereocenters. The summed E-state index contributed by atoms with van der Waals surface area (Å²) in [5, 5.41) is 13.5. The third kappa shape index (κ3) is 3.43. The highest BCUT2D eigenvalue weighted by atomic mass is 32.1. The van der Waals surface area contributed by atoms with Crippen molar-refractivity contribution in [2.75, 3.05) is 11.4 Å². The van der Waals surface area contributed by atoms with Gasteiger partial charge in [-0.05, 0) is 24.6 Å². The molecule has 0 radical (unpaired) electrons. The Balaban J connectivity index is 1.66. The van der Waals surface area contributed by atoms with Crippen LogP contribution in [0.3, 0.4) is 0 Å². The molecule has 2 amide bonds. The number of rotatable bonds is 5. The lowest BCUT2D eigenvalue weighted by Crippen LogP contribution is -2.25. The van der Waals surface area contributed by atoms with E-state index in [1.807, 2.05) is 0 Å². The van der Waals surface area contributed by atoms with Crippen molar-refractivity contribution in [3.05, 3.63) is 45.9 Å². The molecule has 2 heterocycles. The van der Waals surface area contributed by atoms with E-state index in [2.05, 4.69) is 10.3 Å². The predicted molar refractivity (Wildman–Crippen MR) is 88.3 cm³/mol. The highest BCUT2D eigenvalue weighted by molar-refractivity contribution is 7.09. The van der Waals surface area contributed by atoms with Gasteiger partial charge in [-0.2, -0.15) is 0 Å². The van der Waals surface area contributed by atoms with Gasteiger partial charge in [0.25, 0.3) is 5.91 Å². The van der Waals surface area contributed by atoms with Crippen molar-refractivity contribution < 1.29 is 19.5 Å². The fourth-order valence-electron chi connectivity index (χ4n) is 2.48. The molecule has 1 aromatic heterocycles. The van der Waals surface area contributed by atoms with Crippen LogP contribution < -0.4 is 10.2 Å². The van der Waals surface area contributed by atoms with Gasteiger partial charge in [-0.25, -0.2) is 9.78 Å². The minimum atomic E-state index is -1.09. The van der Waals surface area contributed by atoms with Crippen molar-refractivity contribution in [2.24, 2.45) is 0 Å². The second kappa shape index (κ2) is 6.79. The SMILES string of the molecule is O=C(NCc1nc(C(=O)O)cs1)c1cccc(N2CCCC2=O)c1. The summed E-state index contributed by atoms with van der Waals surface area (Å²) in [6.07, 6.45) is 1.36. The average molecular weight is 345 g/mol. The van der Waals surface area contributed by atoms with Gasteiger partial charge < -0.3 is 15.3 Å². The molecule has 1 aromatic carbocycles. The third-order valence-corrected chi connectivity index (χ3v) is 4.51. The number of aromatic carboxylic acids is 1. The van der Waals surface area contributed by atoms with Crippen LogP contribution in [0.4, 0.5) is 5.69 Å². The highest BCUT2D eigenvalue weighted by Crippen LogP contribution is 2.22. The number of carboxylic acids is 1. The van der Waals surface area contributed by atoms with Gasteiger partial charge in [0.2, 0.25) is 5.91 Å². The van der Waals surface area contributed by atoms with Crippen molar-refractivity contribution in [3.8, 4) is 0 Å². The number of carbonyl (C=O) groups is 3. The van der Waals surface area contributed by atoms with E-state index >= 15 is 0 Å². The number of carboxylic acid groups (broad SMARTS) is 1. The van der Waals surface area contributed by atoms with Crippen LogP contribution in [0.5, 0.6) is 0 Å². The van der Waals surface area contributed by atoms with Crippen LogP contribution in [-0.2, 0) is 11.3 Å². The van der Waals surface area contributed by atoms with E-state index in [-0.39, 0.29) is 24.1 Å². The summed E-state index contributed by atoms with van der Waals surface area (Å²) in [4.78, 5) is 40.4. The van der Waals surface area contributed by atoms with Gasteiger partial charge in [0.05, 0.1) is 6.54 Å². The molecule has 1 aliphatic heterocycles. The molecule has 8 heteroatoms. The standard InChI is InChI=1S/C16H15N3O4S/c20-14-5-2-6-19(14)11-4-1-3-10(7-11)15(21)17-8-13-18-12(9-24-13)16(22)23/h1,3-4,7,9H,2,5-6,8H2,(H,17,21)(H,22,23). The second-order valence-corrected chi connectivity index (χ2v) is 6.26. The zero-order valence-corrected chi connectivity index (χ0v) is 13.5. The maximum Gasteiger partial charge on any atom is 0.355 e. The summed E-state index contributed by atoms with van der Waals surface area (Å²) in [7, 11) is 0. The van der Waals surface area contributed by atoms with Crippen LogP contribution in [0, 0.1) is 0 Å². The quantitative estimate of drug-likeness (QED) is 0.862. The van der Waals surface area contributed by atoms with Crippen LogP contribution >= 0.6 is 11.3 Å². The molecular formula is C16H15N3O4S. The molecule has 124 valence electrons. The molecule has 0 atom stereocenters. The van der Waals surface area contributed by atoms with Crippen LogP contribution in [-0.4, -0.2) is 34.4 Å². The average Bonchev–Trinajstić information content (AvgIpc) is 3.21. The van der Waals surface area contributed by atoms with Crippen LogP contribution in [0.2, 0.25) is 0 Å². The van der Waals surface area contributed by atoms with E-state index in [0.717, 1.165) is 6.42 Å². The number of thiazole rings is 1. The molecule has 7 nitrogen and oxygen atoms in total. The second-order valence-electron chi connectivity index (χ2n) is 5.31. The Morgan fingerprint density at radius 1 is 1.38 bits per heavy atom. The zero-order valence-electron chi connectivity index (χ0n) is 12.7. The first kappa shape index (κ1) is 16.1. The number of nitrogens with zero attached hydrogens (tertiary/aromatic N) is 2. The Labute approximate surface area is 141 Å². The fourth-order valence-corrected chi connectivity index (χ4v) is 3.19. The van der Waals surface area contributed by atoms with Gasteiger partial charge in [-0.1, -0.05) is 6.07 Å². The lowest BCUT2D eigenvalue weighted by atomic mass is 10.1. The number of benzene rings is 1. The van der Waals surface area contributed by atoms with E-state index in [0.29, 0.717) is 29.2 Å². The van der Waals surface area contributed by atoms with Crippen molar-refractivity contribution in [2.45, 2.75) is 19.4 Å².